The van der Waals surface area contributed by atoms with Gasteiger partial charge in [0.2, 0.25) is 5.91 Å². The van der Waals surface area contributed by atoms with Crippen LogP contribution in [-0.4, -0.2) is 29.2 Å². The highest BCUT2D eigenvalue weighted by molar-refractivity contribution is 6.39. The number of nitrogens with one attached hydrogen (secondary N) is 3. The molecule has 1 aliphatic heterocycles. The molecule has 1 aliphatic rings. The van der Waals surface area contributed by atoms with E-state index in [2.05, 4.69) is 20.8 Å². The molecule has 2 aromatic carbocycles. The number of fused-ring (bicyclic) bond motifs is 1. The molecule has 0 spiro atoms. The Kier molecular flexibility index (Phi) is 4.85. The zero-order chi connectivity index (χ0) is 18.1. The quantitative estimate of drug-likeness (QED) is 0.619. The number of piperidine rings is 1. The molecule has 1 fully saturated rings. The van der Waals surface area contributed by atoms with E-state index < -0.39 is 0 Å². The number of carbonyl (C=O) groups is 1. The van der Waals surface area contributed by atoms with E-state index in [9.17, 15) is 4.79 Å². The summed E-state index contributed by atoms with van der Waals surface area (Å²) in [5, 5.41) is 15.4. The van der Waals surface area contributed by atoms with E-state index in [0.717, 1.165) is 41.4 Å². The van der Waals surface area contributed by atoms with Gasteiger partial charge >= 0.3 is 0 Å². The Bertz CT molecular complexity index is 943. The van der Waals surface area contributed by atoms with Crippen molar-refractivity contribution < 1.29 is 4.79 Å². The second-order valence-corrected chi connectivity index (χ2v) is 7.28. The molecular weight excluding hydrogens is 371 g/mol. The summed E-state index contributed by atoms with van der Waals surface area (Å²) in [7, 11) is 0. The van der Waals surface area contributed by atoms with Crippen LogP contribution in [0, 0.1) is 5.92 Å². The molecule has 1 aromatic heterocycles. The van der Waals surface area contributed by atoms with Crippen molar-refractivity contribution in [2.45, 2.75) is 12.8 Å². The molecule has 2 heterocycles. The highest BCUT2D eigenvalue weighted by Crippen LogP contribution is 2.36. The van der Waals surface area contributed by atoms with Gasteiger partial charge in [-0.2, -0.15) is 5.10 Å². The van der Waals surface area contributed by atoms with E-state index in [1.165, 1.54) is 0 Å². The van der Waals surface area contributed by atoms with Gasteiger partial charge < -0.3 is 10.6 Å². The molecule has 5 nitrogen and oxygen atoms in total. The van der Waals surface area contributed by atoms with Gasteiger partial charge in [-0.1, -0.05) is 35.3 Å². The SMILES string of the molecule is O=C(Nc1n[nH]c2ccc(-c3c(Cl)cccc3Cl)cc12)[C@@H]1CCCNC1. The molecule has 3 N–H and O–H groups in total. The summed E-state index contributed by atoms with van der Waals surface area (Å²) in [5.74, 6) is 0.490. The van der Waals surface area contributed by atoms with E-state index in [1.807, 2.05) is 24.3 Å². The third-order valence-corrected chi connectivity index (χ3v) is 5.35. The van der Waals surface area contributed by atoms with Crippen molar-refractivity contribution in [2.24, 2.45) is 5.92 Å². The highest BCUT2D eigenvalue weighted by Gasteiger charge is 2.22. The Hall–Kier alpha value is -2.08. The number of carbonyl (C=O) groups excluding carboxylic acids is 1. The fourth-order valence-electron chi connectivity index (χ4n) is 3.33. The van der Waals surface area contributed by atoms with Crippen LogP contribution in [-0.2, 0) is 4.79 Å². The van der Waals surface area contributed by atoms with Crippen molar-refractivity contribution in [3.63, 3.8) is 0 Å². The third-order valence-electron chi connectivity index (χ3n) is 4.72. The summed E-state index contributed by atoms with van der Waals surface area (Å²) in [6.45, 7) is 1.67. The van der Waals surface area contributed by atoms with E-state index in [-0.39, 0.29) is 11.8 Å². The van der Waals surface area contributed by atoms with E-state index >= 15 is 0 Å². The summed E-state index contributed by atoms with van der Waals surface area (Å²) in [6, 6.07) is 11.2. The Morgan fingerprint density at radius 3 is 2.73 bits per heavy atom. The Morgan fingerprint density at radius 1 is 1.19 bits per heavy atom. The van der Waals surface area contributed by atoms with E-state index in [4.69, 9.17) is 23.2 Å². The first-order valence-electron chi connectivity index (χ1n) is 8.57. The fourth-order valence-corrected chi connectivity index (χ4v) is 3.95. The van der Waals surface area contributed by atoms with Crippen LogP contribution in [0.2, 0.25) is 10.0 Å². The summed E-state index contributed by atoms with van der Waals surface area (Å²) in [4.78, 5) is 12.5. The van der Waals surface area contributed by atoms with Gasteiger partial charge in [0.15, 0.2) is 5.82 Å². The molecule has 1 saturated heterocycles. The second-order valence-electron chi connectivity index (χ2n) is 6.46. The summed E-state index contributed by atoms with van der Waals surface area (Å²) < 4.78 is 0. The third kappa shape index (κ3) is 3.30. The maximum atomic E-state index is 12.5. The topological polar surface area (TPSA) is 69.8 Å². The highest BCUT2D eigenvalue weighted by atomic mass is 35.5. The summed E-state index contributed by atoms with van der Waals surface area (Å²) in [5.41, 5.74) is 2.49. The van der Waals surface area contributed by atoms with Gasteiger partial charge in [-0.25, -0.2) is 0 Å². The molecule has 0 aliphatic carbocycles. The molecule has 4 rings (SSSR count). The van der Waals surface area contributed by atoms with Gasteiger partial charge in [0.25, 0.3) is 0 Å². The van der Waals surface area contributed by atoms with Crippen molar-refractivity contribution in [1.29, 1.82) is 0 Å². The van der Waals surface area contributed by atoms with E-state index in [0.29, 0.717) is 22.4 Å². The number of hydrogen-bond donors (Lipinski definition) is 3. The number of hydrogen-bond acceptors (Lipinski definition) is 3. The zero-order valence-electron chi connectivity index (χ0n) is 14.0. The van der Waals surface area contributed by atoms with Crippen LogP contribution in [0.5, 0.6) is 0 Å². The van der Waals surface area contributed by atoms with Gasteiger partial charge in [-0.3, -0.25) is 9.89 Å². The van der Waals surface area contributed by atoms with Crippen LogP contribution < -0.4 is 10.6 Å². The normalized spacial score (nSPS) is 17.4. The number of benzene rings is 2. The van der Waals surface area contributed by atoms with Gasteiger partial charge in [0, 0.05) is 27.5 Å². The molecule has 26 heavy (non-hydrogen) atoms. The average Bonchev–Trinajstić information content (AvgIpc) is 3.04. The lowest BCUT2D eigenvalue weighted by molar-refractivity contribution is -0.120. The molecule has 7 heteroatoms. The Balaban J connectivity index is 1.68. The van der Waals surface area contributed by atoms with Crippen molar-refractivity contribution in [3.8, 4) is 11.1 Å². The first-order valence-corrected chi connectivity index (χ1v) is 9.33. The summed E-state index contributed by atoms with van der Waals surface area (Å²) >= 11 is 12.7. The minimum Gasteiger partial charge on any atom is -0.316 e. The average molecular weight is 389 g/mol. The molecule has 134 valence electrons. The standard InChI is InChI=1S/C19H18Cl2N4O/c20-14-4-1-5-15(21)17(14)11-6-7-16-13(9-11)18(25-24-16)23-19(26)12-3-2-8-22-10-12/h1,4-7,9,12,22H,2-3,8,10H2,(H2,23,24,25,26)/t12-/m1/s1. The van der Waals surface area contributed by atoms with Crippen LogP contribution in [0.3, 0.4) is 0 Å². The lowest BCUT2D eigenvalue weighted by atomic mass is 9.99. The lowest BCUT2D eigenvalue weighted by Crippen LogP contribution is -2.37. The van der Waals surface area contributed by atoms with Crippen LogP contribution in [0.25, 0.3) is 22.0 Å². The minimum atomic E-state index is -0.0308. The smallest absolute Gasteiger partial charge is 0.229 e. The number of amides is 1. The molecule has 0 bridgehead atoms. The maximum Gasteiger partial charge on any atom is 0.229 e. The molecule has 1 atom stereocenters. The van der Waals surface area contributed by atoms with Gasteiger partial charge in [-0.15, -0.1) is 0 Å². The fraction of sp³-hybridized carbons (Fsp3) is 0.263. The van der Waals surface area contributed by atoms with Crippen LogP contribution in [0.15, 0.2) is 36.4 Å². The number of anilines is 1. The van der Waals surface area contributed by atoms with Gasteiger partial charge in [0.1, 0.15) is 0 Å². The first kappa shape index (κ1) is 17.3. The molecule has 1 amide bonds. The lowest BCUT2D eigenvalue weighted by Gasteiger charge is -2.21. The van der Waals surface area contributed by atoms with Crippen molar-refractivity contribution in [1.82, 2.24) is 15.5 Å². The van der Waals surface area contributed by atoms with Crippen molar-refractivity contribution >= 4 is 45.8 Å². The summed E-state index contributed by atoms with van der Waals surface area (Å²) in [6.07, 6.45) is 1.90. The Labute approximate surface area is 161 Å². The van der Waals surface area contributed by atoms with Crippen LogP contribution >= 0.6 is 23.2 Å². The number of aromatic amines is 1. The van der Waals surface area contributed by atoms with E-state index in [1.54, 1.807) is 12.1 Å². The largest absolute Gasteiger partial charge is 0.316 e. The molecule has 0 radical (unpaired) electrons. The zero-order valence-corrected chi connectivity index (χ0v) is 15.5. The van der Waals surface area contributed by atoms with Crippen LogP contribution in [0.4, 0.5) is 5.82 Å². The molecule has 0 saturated carbocycles. The van der Waals surface area contributed by atoms with Crippen LogP contribution in [0.1, 0.15) is 12.8 Å². The molecular formula is C19H18Cl2N4O. The molecule has 3 aromatic rings. The molecule has 0 unspecified atom stereocenters. The van der Waals surface area contributed by atoms with Gasteiger partial charge in [0.05, 0.1) is 11.4 Å². The van der Waals surface area contributed by atoms with Gasteiger partial charge in [-0.05, 0) is 49.2 Å². The number of halogens is 2. The van der Waals surface area contributed by atoms with Crippen molar-refractivity contribution in [3.05, 3.63) is 46.4 Å². The number of aromatic nitrogens is 2. The van der Waals surface area contributed by atoms with Crippen molar-refractivity contribution in [2.75, 3.05) is 18.4 Å². The number of H-pyrrole nitrogens is 1. The predicted octanol–water partition coefficient (Wildman–Crippen LogP) is 4.47. The first-order chi connectivity index (χ1) is 12.6. The number of rotatable bonds is 3. The number of nitrogens with zero attached hydrogens (tertiary/aromatic N) is 1. The second kappa shape index (κ2) is 7.27. The monoisotopic (exact) mass is 388 g/mol. The Morgan fingerprint density at radius 2 is 2.00 bits per heavy atom. The minimum absolute atomic E-state index is 0.00761. The predicted molar refractivity (Wildman–Crippen MR) is 106 cm³/mol. The maximum absolute atomic E-state index is 12.5.